The smallest absolute Gasteiger partial charge is 0.305 e. The SMILES string of the molecule is COC(=O)CCC[C@H](C[C@H]1O[C@H]2[C@H](OCO[C@@H]2N=[N+]=[N-])[C@@H](OC)C1(C)C)OC(C)=O. The van der Waals surface area contributed by atoms with E-state index in [0.29, 0.717) is 19.3 Å². The number of esters is 2. The summed E-state index contributed by atoms with van der Waals surface area (Å²) in [7, 11) is 2.92. The van der Waals surface area contributed by atoms with Crippen molar-refractivity contribution in [2.75, 3.05) is 21.0 Å². The van der Waals surface area contributed by atoms with E-state index >= 15 is 0 Å². The van der Waals surface area contributed by atoms with E-state index in [9.17, 15) is 9.59 Å². The summed E-state index contributed by atoms with van der Waals surface area (Å²) in [6.45, 7) is 5.29. The second kappa shape index (κ2) is 10.9. The molecular formula is C19H31N3O8. The van der Waals surface area contributed by atoms with Crippen molar-refractivity contribution in [1.29, 1.82) is 0 Å². The zero-order valence-corrected chi connectivity index (χ0v) is 18.1. The normalized spacial score (nSPS) is 31.0. The highest BCUT2D eigenvalue weighted by Gasteiger charge is 2.55. The Labute approximate surface area is 175 Å². The first-order valence-corrected chi connectivity index (χ1v) is 9.94. The predicted octanol–water partition coefficient (Wildman–Crippen LogP) is 2.47. The van der Waals surface area contributed by atoms with Gasteiger partial charge in [-0.15, -0.1) is 0 Å². The predicted molar refractivity (Wildman–Crippen MR) is 103 cm³/mol. The van der Waals surface area contributed by atoms with E-state index in [1.165, 1.54) is 14.0 Å². The average molecular weight is 429 g/mol. The van der Waals surface area contributed by atoms with Gasteiger partial charge >= 0.3 is 11.9 Å². The molecule has 0 spiro atoms. The van der Waals surface area contributed by atoms with Crippen LogP contribution in [0.5, 0.6) is 0 Å². The second-order valence-corrected chi connectivity index (χ2v) is 8.01. The van der Waals surface area contributed by atoms with Crippen molar-refractivity contribution in [3.8, 4) is 0 Å². The van der Waals surface area contributed by atoms with Crippen LogP contribution in [0.15, 0.2) is 5.11 Å². The number of fused-ring (bicyclic) bond motifs is 1. The molecule has 0 aromatic heterocycles. The molecule has 0 saturated carbocycles. The van der Waals surface area contributed by atoms with Gasteiger partial charge in [0.05, 0.1) is 19.3 Å². The first kappa shape index (κ1) is 24.4. The van der Waals surface area contributed by atoms with Gasteiger partial charge in [-0.3, -0.25) is 9.59 Å². The first-order valence-electron chi connectivity index (χ1n) is 9.94. The molecule has 2 aliphatic rings. The van der Waals surface area contributed by atoms with Crippen LogP contribution >= 0.6 is 0 Å². The van der Waals surface area contributed by atoms with Crippen molar-refractivity contribution < 1.29 is 38.0 Å². The molecule has 0 aromatic carbocycles. The molecule has 0 unspecified atom stereocenters. The lowest BCUT2D eigenvalue weighted by molar-refractivity contribution is -0.327. The summed E-state index contributed by atoms with van der Waals surface area (Å²) in [5.41, 5.74) is 8.36. The van der Waals surface area contributed by atoms with E-state index in [0.717, 1.165) is 0 Å². The van der Waals surface area contributed by atoms with Gasteiger partial charge in [-0.2, -0.15) is 0 Å². The fourth-order valence-corrected chi connectivity index (χ4v) is 4.14. The van der Waals surface area contributed by atoms with Gasteiger partial charge in [0.25, 0.3) is 0 Å². The molecule has 0 aromatic rings. The van der Waals surface area contributed by atoms with Gasteiger partial charge in [0.2, 0.25) is 0 Å². The molecule has 30 heavy (non-hydrogen) atoms. The summed E-state index contributed by atoms with van der Waals surface area (Å²) < 4.78 is 33.3. The van der Waals surface area contributed by atoms with Crippen LogP contribution in [0.4, 0.5) is 0 Å². The van der Waals surface area contributed by atoms with Gasteiger partial charge < -0.3 is 28.4 Å². The van der Waals surface area contributed by atoms with Crippen LogP contribution in [0.3, 0.4) is 0 Å². The van der Waals surface area contributed by atoms with Crippen molar-refractivity contribution in [3.63, 3.8) is 0 Å². The second-order valence-electron chi connectivity index (χ2n) is 8.01. The molecule has 2 saturated heterocycles. The minimum absolute atomic E-state index is 0.0293. The molecule has 0 radical (unpaired) electrons. The van der Waals surface area contributed by atoms with Gasteiger partial charge in [0.1, 0.15) is 25.1 Å². The Morgan fingerprint density at radius 1 is 1.27 bits per heavy atom. The fourth-order valence-electron chi connectivity index (χ4n) is 4.14. The number of rotatable bonds is 9. The van der Waals surface area contributed by atoms with Crippen LogP contribution in [-0.4, -0.2) is 69.7 Å². The maximum atomic E-state index is 11.6. The van der Waals surface area contributed by atoms with Crippen LogP contribution in [0.25, 0.3) is 10.4 Å². The third-order valence-corrected chi connectivity index (χ3v) is 5.65. The number of ether oxygens (including phenoxy) is 6. The van der Waals surface area contributed by atoms with Crippen molar-refractivity contribution in [2.24, 2.45) is 10.5 Å². The molecular weight excluding hydrogens is 398 g/mol. The molecule has 0 aliphatic carbocycles. The van der Waals surface area contributed by atoms with Crippen LogP contribution in [0, 0.1) is 5.41 Å². The van der Waals surface area contributed by atoms with E-state index in [-0.39, 0.29) is 25.3 Å². The highest BCUT2D eigenvalue weighted by atomic mass is 16.7. The summed E-state index contributed by atoms with van der Waals surface area (Å²) in [5, 5.41) is 3.69. The van der Waals surface area contributed by atoms with Gasteiger partial charge in [0, 0.05) is 37.2 Å². The maximum absolute atomic E-state index is 11.6. The van der Waals surface area contributed by atoms with Crippen molar-refractivity contribution in [1.82, 2.24) is 0 Å². The molecule has 0 bridgehead atoms. The Morgan fingerprint density at radius 2 is 2.00 bits per heavy atom. The third-order valence-electron chi connectivity index (χ3n) is 5.65. The Bertz CT molecular complexity index is 652. The van der Waals surface area contributed by atoms with E-state index in [4.69, 9.17) is 29.2 Å². The van der Waals surface area contributed by atoms with Gasteiger partial charge in [-0.1, -0.05) is 19.0 Å². The molecule has 170 valence electrons. The fraction of sp³-hybridized carbons (Fsp3) is 0.895. The van der Waals surface area contributed by atoms with Crippen LogP contribution in [0.2, 0.25) is 0 Å². The van der Waals surface area contributed by atoms with E-state index in [1.54, 1.807) is 7.11 Å². The topological polar surface area (TPSA) is 138 Å². The molecule has 11 heteroatoms. The quantitative estimate of drug-likeness (QED) is 0.236. The number of carbonyl (C=O) groups excluding carboxylic acids is 2. The lowest BCUT2D eigenvalue weighted by Gasteiger charge is -2.53. The maximum Gasteiger partial charge on any atom is 0.305 e. The van der Waals surface area contributed by atoms with Gasteiger partial charge in [-0.25, -0.2) is 0 Å². The van der Waals surface area contributed by atoms with Crippen LogP contribution < -0.4 is 0 Å². The van der Waals surface area contributed by atoms with Crippen LogP contribution in [-0.2, 0) is 38.0 Å². The molecule has 2 rings (SSSR count). The summed E-state index contributed by atoms with van der Waals surface area (Å²) in [4.78, 5) is 25.9. The molecule has 2 fully saturated rings. The largest absolute Gasteiger partial charge is 0.469 e. The molecule has 2 heterocycles. The number of hydrogen-bond donors (Lipinski definition) is 0. The Balaban J connectivity index is 2.19. The highest BCUT2D eigenvalue weighted by Crippen LogP contribution is 2.44. The molecule has 6 atom stereocenters. The molecule has 11 nitrogen and oxygen atoms in total. The summed E-state index contributed by atoms with van der Waals surface area (Å²) in [5.74, 6) is -0.731. The zero-order valence-electron chi connectivity index (χ0n) is 18.1. The summed E-state index contributed by atoms with van der Waals surface area (Å²) >= 11 is 0. The number of azide groups is 1. The number of methoxy groups -OCH3 is 2. The lowest BCUT2D eigenvalue weighted by Crippen LogP contribution is -2.65. The van der Waals surface area contributed by atoms with E-state index in [2.05, 4.69) is 14.8 Å². The standard InChI is InChI=1S/C19H31N3O8/c1-11(23)29-12(7-6-8-14(24)25-4)9-13-19(2,3)17(26-5)15-16(30-13)18(21-22-20)28-10-27-15/h12-13,15-18H,6-10H2,1-5H3/t12-,13-,15+,16+,17-,18+/m1/s1. The third kappa shape index (κ3) is 5.83. The zero-order chi connectivity index (χ0) is 22.3. The minimum Gasteiger partial charge on any atom is -0.469 e. The number of nitrogens with zero attached hydrogens (tertiary/aromatic N) is 3. The number of hydrogen-bond acceptors (Lipinski definition) is 9. The van der Waals surface area contributed by atoms with E-state index in [1.807, 2.05) is 13.8 Å². The monoisotopic (exact) mass is 429 g/mol. The molecule has 0 amide bonds. The van der Waals surface area contributed by atoms with Crippen LogP contribution in [0.1, 0.15) is 46.5 Å². The van der Waals surface area contributed by atoms with E-state index < -0.39 is 42.0 Å². The number of carbonyl (C=O) groups is 2. The summed E-state index contributed by atoms with van der Waals surface area (Å²) in [6, 6.07) is 0. The Hall–Kier alpha value is -1.91. The minimum atomic E-state index is -0.850. The van der Waals surface area contributed by atoms with Gasteiger partial charge in [0.15, 0.2) is 6.23 Å². The van der Waals surface area contributed by atoms with Crippen molar-refractivity contribution >= 4 is 11.9 Å². The highest BCUT2D eigenvalue weighted by molar-refractivity contribution is 5.69. The molecule has 0 N–H and O–H groups in total. The van der Waals surface area contributed by atoms with Crippen molar-refractivity contribution in [2.45, 2.75) is 83.2 Å². The Kier molecular flexibility index (Phi) is 8.87. The van der Waals surface area contributed by atoms with Gasteiger partial charge in [-0.05, 0) is 18.4 Å². The lowest BCUT2D eigenvalue weighted by atomic mass is 9.72. The average Bonchev–Trinajstić information content (AvgIpc) is 2.68. The molecule has 2 aliphatic heterocycles. The van der Waals surface area contributed by atoms with Crippen molar-refractivity contribution in [3.05, 3.63) is 10.4 Å². The first-order chi connectivity index (χ1) is 14.2. The Morgan fingerprint density at radius 3 is 2.60 bits per heavy atom. The summed E-state index contributed by atoms with van der Waals surface area (Å²) in [6.07, 6.45) is -1.64.